The second-order valence-corrected chi connectivity index (χ2v) is 3.92. The smallest absolute Gasteiger partial charge is 0.207 e. The van der Waals surface area contributed by atoms with Crippen molar-refractivity contribution >= 4 is 11.6 Å². The number of aromatic nitrogens is 3. The summed E-state index contributed by atoms with van der Waals surface area (Å²) in [5.41, 5.74) is 1.54. The molecule has 2 aromatic rings. The highest BCUT2D eigenvalue weighted by molar-refractivity contribution is 5.52. The first-order chi connectivity index (χ1) is 8.19. The third kappa shape index (κ3) is 2.81. The van der Waals surface area contributed by atoms with E-state index < -0.39 is 0 Å². The van der Waals surface area contributed by atoms with Gasteiger partial charge in [0, 0.05) is 18.8 Å². The highest BCUT2D eigenvalue weighted by Gasteiger charge is 2.05. The van der Waals surface area contributed by atoms with E-state index >= 15 is 0 Å². The zero-order chi connectivity index (χ0) is 12.3. The molecule has 0 saturated heterocycles. The Morgan fingerprint density at radius 1 is 1.41 bits per heavy atom. The van der Waals surface area contributed by atoms with Crippen LogP contribution in [0, 0.1) is 12.7 Å². The highest BCUT2D eigenvalue weighted by Crippen LogP contribution is 2.16. The number of nitrogens with zero attached hydrogens (tertiary/aromatic N) is 3. The van der Waals surface area contributed by atoms with E-state index in [0.717, 1.165) is 24.6 Å². The fraction of sp³-hybridized carbons (Fsp3) is 0.333. The van der Waals surface area contributed by atoms with Crippen molar-refractivity contribution in [2.75, 3.05) is 5.32 Å². The van der Waals surface area contributed by atoms with Gasteiger partial charge in [0.2, 0.25) is 5.95 Å². The van der Waals surface area contributed by atoms with Gasteiger partial charge in [-0.3, -0.25) is 4.98 Å². The van der Waals surface area contributed by atoms with E-state index in [9.17, 15) is 4.39 Å². The van der Waals surface area contributed by atoms with Crippen molar-refractivity contribution in [2.24, 2.45) is 0 Å². The highest BCUT2D eigenvalue weighted by atomic mass is 19.1. The average Bonchev–Trinajstić information content (AvgIpc) is 2.59. The lowest BCUT2D eigenvalue weighted by molar-refractivity contribution is 0.622. The van der Waals surface area contributed by atoms with Gasteiger partial charge in [0.25, 0.3) is 0 Å². The van der Waals surface area contributed by atoms with Gasteiger partial charge in [-0.2, -0.15) is 0 Å². The topological polar surface area (TPSA) is 42.7 Å². The zero-order valence-corrected chi connectivity index (χ0v) is 9.94. The maximum absolute atomic E-state index is 13.0. The largest absolute Gasteiger partial charge is 0.324 e. The first kappa shape index (κ1) is 11.6. The summed E-state index contributed by atoms with van der Waals surface area (Å²) in [5, 5.41) is 3.07. The van der Waals surface area contributed by atoms with Crippen LogP contribution in [-0.2, 0) is 6.54 Å². The van der Waals surface area contributed by atoms with Gasteiger partial charge in [0.1, 0.15) is 5.82 Å². The Hall–Kier alpha value is -1.91. The molecule has 90 valence electrons. The summed E-state index contributed by atoms with van der Waals surface area (Å²) >= 11 is 0. The molecule has 2 aromatic heterocycles. The molecule has 1 N–H and O–H groups in total. The maximum Gasteiger partial charge on any atom is 0.207 e. The molecular formula is C12H15FN4. The number of halogens is 1. The minimum Gasteiger partial charge on any atom is -0.324 e. The summed E-state index contributed by atoms with van der Waals surface area (Å²) in [5.74, 6) is 0.358. The Morgan fingerprint density at radius 2 is 2.24 bits per heavy atom. The normalized spacial score (nSPS) is 10.5. The molecule has 0 unspecified atom stereocenters. The Balaban J connectivity index is 2.23. The summed E-state index contributed by atoms with van der Waals surface area (Å²) in [6, 6.07) is 1.40. The van der Waals surface area contributed by atoms with E-state index in [2.05, 4.69) is 22.2 Å². The lowest BCUT2D eigenvalue weighted by atomic mass is 10.4. The van der Waals surface area contributed by atoms with Gasteiger partial charge in [0.15, 0.2) is 0 Å². The summed E-state index contributed by atoms with van der Waals surface area (Å²) in [6.07, 6.45) is 5.74. The molecule has 4 nitrogen and oxygen atoms in total. The van der Waals surface area contributed by atoms with E-state index in [1.54, 1.807) is 6.20 Å². The Morgan fingerprint density at radius 3 is 2.94 bits per heavy atom. The van der Waals surface area contributed by atoms with Gasteiger partial charge in [-0.05, 0) is 13.3 Å². The van der Waals surface area contributed by atoms with Crippen LogP contribution >= 0.6 is 0 Å². The van der Waals surface area contributed by atoms with Crippen LogP contribution in [0.25, 0.3) is 0 Å². The fourth-order valence-corrected chi connectivity index (χ4v) is 1.67. The number of pyridine rings is 1. The van der Waals surface area contributed by atoms with Crippen molar-refractivity contribution in [2.45, 2.75) is 26.8 Å². The van der Waals surface area contributed by atoms with Gasteiger partial charge in [-0.15, -0.1) is 0 Å². The Kier molecular flexibility index (Phi) is 3.37. The standard InChI is InChI=1S/C12H15FN4/c1-3-4-17-8-9(2)15-12(17)16-11-5-10(13)6-14-7-11/h5-8H,3-4H2,1-2H3,(H,15,16). The van der Waals surface area contributed by atoms with Crippen molar-refractivity contribution in [1.82, 2.24) is 14.5 Å². The molecule has 2 rings (SSSR count). The molecule has 17 heavy (non-hydrogen) atoms. The van der Waals surface area contributed by atoms with Crippen LogP contribution in [0.3, 0.4) is 0 Å². The molecule has 0 aliphatic rings. The predicted molar refractivity (Wildman–Crippen MR) is 64.7 cm³/mol. The number of rotatable bonds is 4. The lowest BCUT2D eigenvalue weighted by Gasteiger charge is -2.08. The summed E-state index contributed by atoms with van der Waals surface area (Å²) in [6.45, 7) is 4.91. The number of hydrogen-bond acceptors (Lipinski definition) is 3. The van der Waals surface area contributed by atoms with Crippen molar-refractivity contribution in [1.29, 1.82) is 0 Å². The zero-order valence-electron chi connectivity index (χ0n) is 9.94. The number of aryl methyl sites for hydroxylation is 2. The van der Waals surface area contributed by atoms with E-state index in [0.29, 0.717) is 5.69 Å². The Labute approximate surface area is 99.5 Å². The van der Waals surface area contributed by atoms with Gasteiger partial charge in [-0.1, -0.05) is 6.92 Å². The predicted octanol–water partition coefficient (Wildman–Crippen LogP) is 2.88. The second-order valence-electron chi connectivity index (χ2n) is 3.92. The van der Waals surface area contributed by atoms with E-state index in [1.165, 1.54) is 12.3 Å². The number of imidazole rings is 1. The third-order valence-electron chi connectivity index (χ3n) is 2.32. The number of anilines is 2. The molecule has 0 atom stereocenters. The van der Waals surface area contributed by atoms with Gasteiger partial charge < -0.3 is 9.88 Å². The molecule has 5 heteroatoms. The molecule has 0 spiro atoms. The molecule has 0 aliphatic heterocycles. The maximum atomic E-state index is 13.0. The van der Waals surface area contributed by atoms with Crippen molar-refractivity contribution in [3.8, 4) is 0 Å². The van der Waals surface area contributed by atoms with Crippen LogP contribution in [0.2, 0.25) is 0 Å². The molecule has 0 bridgehead atoms. The van der Waals surface area contributed by atoms with E-state index in [-0.39, 0.29) is 5.82 Å². The summed E-state index contributed by atoms with van der Waals surface area (Å²) in [7, 11) is 0. The Bertz CT molecular complexity index is 507. The van der Waals surface area contributed by atoms with E-state index in [4.69, 9.17) is 0 Å². The second kappa shape index (κ2) is 4.95. The first-order valence-corrected chi connectivity index (χ1v) is 5.60. The molecule has 0 saturated carbocycles. The van der Waals surface area contributed by atoms with Crippen molar-refractivity contribution < 1.29 is 4.39 Å². The minimum absolute atomic E-state index is 0.361. The third-order valence-corrected chi connectivity index (χ3v) is 2.32. The molecule has 0 amide bonds. The van der Waals surface area contributed by atoms with Crippen LogP contribution < -0.4 is 5.32 Å². The molecular weight excluding hydrogens is 219 g/mol. The van der Waals surface area contributed by atoms with Crippen molar-refractivity contribution in [3.05, 3.63) is 36.2 Å². The summed E-state index contributed by atoms with van der Waals surface area (Å²) in [4.78, 5) is 8.14. The van der Waals surface area contributed by atoms with Gasteiger partial charge in [0.05, 0.1) is 23.8 Å². The molecule has 2 heterocycles. The first-order valence-electron chi connectivity index (χ1n) is 5.60. The van der Waals surface area contributed by atoms with Gasteiger partial charge in [-0.25, -0.2) is 9.37 Å². The van der Waals surface area contributed by atoms with Crippen LogP contribution in [0.1, 0.15) is 19.0 Å². The molecule has 0 radical (unpaired) electrons. The molecule has 0 aromatic carbocycles. The number of hydrogen-bond donors (Lipinski definition) is 1. The van der Waals surface area contributed by atoms with E-state index in [1.807, 2.05) is 17.7 Å². The van der Waals surface area contributed by atoms with Gasteiger partial charge >= 0.3 is 0 Å². The van der Waals surface area contributed by atoms with Crippen LogP contribution in [0.4, 0.5) is 16.0 Å². The SMILES string of the molecule is CCCn1cc(C)nc1Nc1cncc(F)c1. The number of nitrogens with one attached hydrogen (secondary N) is 1. The quantitative estimate of drug-likeness (QED) is 0.884. The monoisotopic (exact) mass is 234 g/mol. The minimum atomic E-state index is -0.361. The van der Waals surface area contributed by atoms with Crippen LogP contribution in [0.15, 0.2) is 24.7 Å². The lowest BCUT2D eigenvalue weighted by Crippen LogP contribution is -2.03. The van der Waals surface area contributed by atoms with Crippen LogP contribution in [-0.4, -0.2) is 14.5 Å². The van der Waals surface area contributed by atoms with Crippen LogP contribution in [0.5, 0.6) is 0 Å². The molecule has 0 fully saturated rings. The summed E-state index contributed by atoms with van der Waals surface area (Å²) < 4.78 is 15.0. The average molecular weight is 234 g/mol. The van der Waals surface area contributed by atoms with Crippen molar-refractivity contribution in [3.63, 3.8) is 0 Å². The molecule has 0 aliphatic carbocycles. The fourth-order valence-electron chi connectivity index (χ4n) is 1.67.